The van der Waals surface area contributed by atoms with E-state index < -0.39 is 5.60 Å². The number of likely N-dealkylation sites (tertiary alicyclic amines) is 1. The summed E-state index contributed by atoms with van der Waals surface area (Å²) < 4.78 is 16.7. The first-order valence-corrected chi connectivity index (χ1v) is 10.8. The van der Waals surface area contributed by atoms with Crippen molar-refractivity contribution in [2.75, 3.05) is 20.2 Å². The molecule has 2 aromatic rings. The molecule has 1 fully saturated rings. The van der Waals surface area contributed by atoms with Gasteiger partial charge in [0.1, 0.15) is 28.9 Å². The van der Waals surface area contributed by atoms with E-state index >= 15 is 0 Å². The molecule has 4 rings (SSSR count). The molecule has 32 heavy (non-hydrogen) atoms. The van der Waals surface area contributed by atoms with Gasteiger partial charge in [0.25, 0.3) is 0 Å². The molecule has 2 aliphatic rings. The summed E-state index contributed by atoms with van der Waals surface area (Å²) in [5.74, 6) is 2.64. The zero-order chi connectivity index (χ0) is 22.9. The van der Waals surface area contributed by atoms with E-state index in [0.717, 1.165) is 18.7 Å². The van der Waals surface area contributed by atoms with Gasteiger partial charge in [-0.15, -0.1) is 0 Å². The van der Waals surface area contributed by atoms with Gasteiger partial charge in [-0.1, -0.05) is 18.2 Å². The van der Waals surface area contributed by atoms with E-state index in [1.165, 1.54) is 18.2 Å². The Labute approximate surface area is 189 Å². The van der Waals surface area contributed by atoms with E-state index in [-0.39, 0.29) is 6.09 Å². The summed E-state index contributed by atoms with van der Waals surface area (Å²) in [7, 11) is 1.53. The number of allylic oxidation sites excluding steroid dienone is 1. The van der Waals surface area contributed by atoms with Gasteiger partial charge in [-0.05, 0) is 74.4 Å². The minimum atomic E-state index is -0.470. The van der Waals surface area contributed by atoms with Gasteiger partial charge in [-0.25, -0.2) is 4.79 Å². The zero-order valence-electron chi connectivity index (χ0n) is 18.9. The molecule has 1 amide bonds. The molecule has 2 aromatic carbocycles. The van der Waals surface area contributed by atoms with Crippen LogP contribution in [-0.4, -0.2) is 36.8 Å². The van der Waals surface area contributed by atoms with Gasteiger partial charge >= 0.3 is 6.09 Å². The molecular weight excluding hydrogens is 404 g/mol. The highest BCUT2D eigenvalue weighted by atomic mass is 16.6. The lowest BCUT2D eigenvalue weighted by Crippen LogP contribution is -2.35. The van der Waals surface area contributed by atoms with E-state index in [1.807, 2.05) is 37.8 Å². The van der Waals surface area contributed by atoms with Crippen LogP contribution in [0.3, 0.4) is 0 Å². The number of rotatable bonds is 4. The molecule has 0 bridgehead atoms. The zero-order valence-corrected chi connectivity index (χ0v) is 18.9. The van der Waals surface area contributed by atoms with Crippen LogP contribution in [0.2, 0.25) is 0 Å². The molecule has 0 radical (unpaired) electrons. The van der Waals surface area contributed by atoms with Gasteiger partial charge in [0, 0.05) is 19.2 Å². The lowest BCUT2D eigenvalue weighted by Gasteiger charge is -2.24. The highest BCUT2D eigenvalue weighted by Crippen LogP contribution is 2.41. The number of carbonyl (C=O) groups excluding carboxylic acids is 1. The van der Waals surface area contributed by atoms with Crippen molar-refractivity contribution in [1.29, 1.82) is 5.26 Å². The largest absolute Gasteiger partial charge is 0.495 e. The maximum Gasteiger partial charge on any atom is 0.410 e. The fraction of sp³-hybridized carbons (Fsp3) is 0.385. The van der Waals surface area contributed by atoms with Crippen molar-refractivity contribution >= 4 is 11.7 Å². The first-order chi connectivity index (χ1) is 15.3. The van der Waals surface area contributed by atoms with Crippen molar-refractivity contribution in [2.45, 2.75) is 32.8 Å². The second-order valence-corrected chi connectivity index (χ2v) is 9.31. The van der Waals surface area contributed by atoms with E-state index in [2.05, 4.69) is 24.3 Å². The average molecular weight is 433 g/mol. The van der Waals surface area contributed by atoms with Crippen molar-refractivity contribution in [3.63, 3.8) is 0 Å². The number of ether oxygens (including phenoxy) is 3. The number of nitriles is 1. The Morgan fingerprint density at radius 1 is 1.09 bits per heavy atom. The van der Waals surface area contributed by atoms with Crippen LogP contribution in [0.15, 0.2) is 48.5 Å². The van der Waals surface area contributed by atoms with Crippen LogP contribution in [-0.2, 0) is 4.74 Å². The third-order valence-corrected chi connectivity index (χ3v) is 5.79. The summed E-state index contributed by atoms with van der Waals surface area (Å²) in [5.41, 5.74) is 2.49. The minimum absolute atomic E-state index is 0.220. The maximum atomic E-state index is 12.4. The highest BCUT2D eigenvalue weighted by Gasteiger charge is 2.39. The third kappa shape index (κ3) is 4.72. The Morgan fingerprint density at radius 3 is 2.44 bits per heavy atom. The molecule has 1 saturated heterocycles. The highest BCUT2D eigenvalue weighted by molar-refractivity contribution is 5.72. The fourth-order valence-corrected chi connectivity index (χ4v) is 4.30. The van der Waals surface area contributed by atoms with Gasteiger partial charge in [-0.2, -0.15) is 5.26 Å². The second-order valence-electron chi connectivity index (χ2n) is 9.31. The van der Waals surface area contributed by atoms with E-state index in [9.17, 15) is 4.79 Å². The average Bonchev–Trinajstić information content (AvgIpc) is 3.32. The Hall–Kier alpha value is -3.46. The van der Waals surface area contributed by atoms with E-state index in [4.69, 9.17) is 19.5 Å². The molecule has 0 aromatic heterocycles. The molecule has 1 heterocycles. The van der Waals surface area contributed by atoms with Crippen LogP contribution >= 0.6 is 0 Å². The third-order valence-electron chi connectivity index (χ3n) is 5.79. The standard InChI is InChI=1S/C26H28N2O4/c1-26(2,3)32-25(29)28-15-20-11-19(12-21(20)16-28)17-5-8-22(9-6-17)31-23-10-7-18(14-27)24(13-23)30-4/h5-11,13,20-21H,12,15-16H2,1-4H3/t20-,21+/m0/s1. The topological polar surface area (TPSA) is 71.8 Å². The summed E-state index contributed by atoms with van der Waals surface area (Å²) in [6.45, 7) is 7.13. The molecule has 2 atom stereocenters. The quantitative estimate of drug-likeness (QED) is 0.626. The minimum Gasteiger partial charge on any atom is -0.495 e. The lowest BCUT2D eigenvalue weighted by molar-refractivity contribution is 0.0285. The van der Waals surface area contributed by atoms with Crippen molar-refractivity contribution in [1.82, 2.24) is 4.90 Å². The van der Waals surface area contributed by atoms with Gasteiger partial charge in [0.05, 0.1) is 12.7 Å². The first kappa shape index (κ1) is 21.8. The summed E-state index contributed by atoms with van der Waals surface area (Å²) >= 11 is 0. The van der Waals surface area contributed by atoms with Crippen LogP contribution in [0.4, 0.5) is 4.79 Å². The predicted octanol–water partition coefficient (Wildman–Crippen LogP) is 5.63. The van der Waals surface area contributed by atoms with Crippen molar-refractivity contribution < 1.29 is 19.0 Å². The van der Waals surface area contributed by atoms with Gasteiger partial charge < -0.3 is 19.1 Å². The molecule has 0 N–H and O–H groups in total. The molecule has 1 aliphatic heterocycles. The summed E-state index contributed by atoms with van der Waals surface area (Å²) in [5, 5.41) is 9.11. The fourth-order valence-electron chi connectivity index (χ4n) is 4.30. The van der Waals surface area contributed by atoms with Gasteiger partial charge in [-0.3, -0.25) is 0 Å². The number of carbonyl (C=O) groups is 1. The smallest absolute Gasteiger partial charge is 0.410 e. The number of hydrogen-bond acceptors (Lipinski definition) is 5. The monoisotopic (exact) mass is 432 g/mol. The molecule has 6 nitrogen and oxygen atoms in total. The summed E-state index contributed by atoms with van der Waals surface area (Å²) in [6, 6.07) is 15.3. The van der Waals surface area contributed by atoms with Crippen molar-refractivity contribution in [3.05, 3.63) is 59.7 Å². The molecule has 1 aliphatic carbocycles. The summed E-state index contributed by atoms with van der Waals surface area (Å²) in [6.07, 6.45) is 3.04. The van der Waals surface area contributed by atoms with Crippen LogP contribution in [0.25, 0.3) is 5.57 Å². The van der Waals surface area contributed by atoms with Crippen molar-refractivity contribution in [3.8, 4) is 23.3 Å². The van der Waals surface area contributed by atoms with Crippen LogP contribution < -0.4 is 9.47 Å². The normalized spacial score (nSPS) is 19.7. The molecule has 0 spiro atoms. The maximum absolute atomic E-state index is 12.4. The molecule has 0 unspecified atom stereocenters. The first-order valence-electron chi connectivity index (χ1n) is 10.8. The number of fused-ring (bicyclic) bond motifs is 1. The van der Waals surface area contributed by atoms with Crippen LogP contribution in [0.5, 0.6) is 17.2 Å². The van der Waals surface area contributed by atoms with Crippen molar-refractivity contribution in [2.24, 2.45) is 11.8 Å². The molecular formula is C26H28N2O4. The number of nitrogens with zero attached hydrogens (tertiary/aromatic N) is 2. The second kappa shape index (κ2) is 8.58. The Morgan fingerprint density at radius 2 is 1.81 bits per heavy atom. The summed E-state index contributed by atoms with van der Waals surface area (Å²) in [4.78, 5) is 14.2. The number of methoxy groups -OCH3 is 1. The molecule has 0 saturated carbocycles. The number of amides is 1. The predicted molar refractivity (Wildman–Crippen MR) is 122 cm³/mol. The van der Waals surface area contributed by atoms with Gasteiger partial charge in [0.15, 0.2) is 0 Å². The van der Waals surface area contributed by atoms with Crippen LogP contribution in [0.1, 0.15) is 38.3 Å². The van der Waals surface area contributed by atoms with Gasteiger partial charge in [0.2, 0.25) is 0 Å². The number of hydrogen-bond donors (Lipinski definition) is 0. The lowest BCUT2D eigenvalue weighted by atomic mass is 9.98. The van der Waals surface area contributed by atoms with E-state index in [1.54, 1.807) is 18.2 Å². The Kier molecular flexibility index (Phi) is 5.84. The molecule has 6 heteroatoms. The van der Waals surface area contributed by atoms with Crippen LogP contribution in [0, 0.1) is 23.2 Å². The van der Waals surface area contributed by atoms with E-state index in [0.29, 0.717) is 35.4 Å². The Bertz CT molecular complexity index is 1080. The SMILES string of the molecule is COc1cc(Oc2ccc(C3=C[C@H]4CN(C(=O)OC(C)(C)C)C[C@H]4C3)cc2)ccc1C#N. The Balaban J connectivity index is 1.39. The molecule has 166 valence electrons. The number of benzene rings is 2.